The van der Waals surface area contributed by atoms with E-state index in [0.717, 1.165) is 37.1 Å². The maximum Gasteiger partial charge on any atom is 0.315 e. The second-order valence-electron chi connectivity index (χ2n) is 8.48. The van der Waals surface area contributed by atoms with E-state index in [-0.39, 0.29) is 18.0 Å². The van der Waals surface area contributed by atoms with E-state index in [9.17, 15) is 9.59 Å². The summed E-state index contributed by atoms with van der Waals surface area (Å²) in [5, 5.41) is 9.78. The van der Waals surface area contributed by atoms with Crippen molar-refractivity contribution in [2.24, 2.45) is 0 Å². The summed E-state index contributed by atoms with van der Waals surface area (Å²) >= 11 is 12.1. The average molecular weight is 491 g/mol. The van der Waals surface area contributed by atoms with Gasteiger partial charge in [-0.2, -0.15) is 0 Å². The Balaban J connectivity index is 1.17. The van der Waals surface area contributed by atoms with E-state index < -0.39 is 0 Å². The highest BCUT2D eigenvalue weighted by molar-refractivity contribution is 6.42. The van der Waals surface area contributed by atoms with Crippen LogP contribution in [0.15, 0.2) is 42.5 Å². The molecule has 1 heterocycles. The number of benzene rings is 2. The first-order chi connectivity index (χ1) is 16.0. The molecule has 3 amide bonds. The lowest BCUT2D eigenvalue weighted by Gasteiger charge is -2.33. The number of hydrogen-bond donors (Lipinski definition) is 3. The molecule has 33 heavy (non-hydrogen) atoms. The first-order valence-electron chi connectivity index (χ1n) is 11.2. The Hall–Kier alpha value is -2.32. The molecule has 2 aliphatic rings. The predicted octanol–water partition coefficient (Wildman–Crippen LogP) is 3.59. The minimum Gasteiger partial charge on any atom is -0.374 e. The monoisotopic (exact) mass is 490 g/mol. The third-order valence-electron chi connectivity index (χ3n) is 5.69. The Labute approximate surface area is 203 Å². The maximum atomic E-state index is 12.2. The number of amides is 3. The van der Waals surface area contributed by atoms with Crippen LogP contribution in [0, 0.1) is 0 Å². The van der Waals surface area contributed by atoms with Crippen molar-refractivity contribution in [2.75, 3.05) is 26.2 Å². The molecule has 2 aromatic rings. The van der Waals surface area contributed by atoms with Crippen molar-refractivity contribution >= 4 is 35.1 Å². The van der Waals surface area contributed by atoms with Crippen LogP contribution < -0.4 is 16.0 Å². The summed E-state index contributed by atoms with van der Waals surface area (Å²) in [6.45, 7) is 3.69. The van der Waals surface area contributed by atoms with Gasteiger partial charge in [0.2, 0.25) is 0 Å². The van der Waals surface area contributed by atoms with E-state index >= 15 is 0 Å². The fourth-order valence-electron chi connectivity index (χ4n) is 3.67. The normalized spacial score (nSPS) is 18.5. The molecule has 1 atom stereocenters. The van der Waals surface area contributed by atoms with Crippen LogP contribution in [0.25, 0.3) is 0 Å². The second kappa shape index (κ2) is 11.2. The van der Waals surface area contributed by atoms with E-state index in [1.165, 1.54) is 0 Å². The zero-order chi connectivity index (χ0) is 23.2. The molecule has 0 unspecified atom stereocenters. The van der Waals surface area contributed by atoms with Crippen LogP contribution in [0.3, 0.4) is 0 Å². The Kier molecular flexibility index (Phi) is 8.09. The number of morpholine rings is 1. The van der Waals surface area contributed by atoms with Gasteiger partial charge >= 0.3 is 6.03 Å². The third kappa shape index (κ3) is 7.33. The van der Waals surface area contributed by atoms with Crippen LogP contribution in [-0.4, -0.2) is 55.2 Å². The molecule has 0 spiro atoms. The summed E-state index contributed by atoms with van der Waals surface area (Å²) in [5.41, 5.74) is 2.65. The Bertz CT molecular complexity index is 982. The molecule has 2 fully saturated rings. The topological polar surface area (TPSA) is 82.7 Å². The number of nitrogens with one attached hydrogen (secondary N) is 3. The van der Waals surface area contributed by atoms with Crippen LogP contribution >= 0.6 is 23.2 Å². The SMILES string of the molecule is O=C(NCc1ccc(C(=O)NC2CC2)cc1)NC[C@H]1CN(Cc2ccc(Cl)c(Cl)c2)CCO1. The maximum absolute atomic E-state index is 12.2. The lowest BCUT2D eigenvalue weighted by molar-refractivity contribution is -0.0287. The molecule has 0 bridgehead atoms. The average Bonchev–Trinajstić information content (AvgIpc) is 3.63. The van der Waals surface area contributed by atoms with Crippen molar-refractivity contribution in [1.82, 2.24) is 20.9 Å². The molecular formula is C24H28Cl2N4O3. The van der Waals surface area contributed by atoms with Gasteiger partial charge in [0.25, 0.3) is 5.91 Å². The van der Waals surface area contributed by atoms with Crippen LogP contribution in [0.5, 0.6) is 0 Å². The van der Waals surface area contributed by atoms with E-state index in [1.54, 1.807) is 18.2 Å². The van der Waals surface area contributed by atoms with Crippen molar-refractivity contribution in [2.45, 2.75) is 38.1 Å². The molecule has 1 saturated heterocycles. The lowest BCUT2D eigenvalue weighted by Crippen LogP contribution is -2.48. The van der Waals surface area contributed by atoms with Gasteiger partial charge in [-0.05, 0) is 48.2 Å². The molecule has 4 rings (SSSR count). The Morgan fingerprint density at radius 2 is 1.76 bits per heavy atom. The minimum atomic E-state index is -0.254. The van der Waals surface area contributed by atoms with Gasteiger partial charge in [0.1, 0.15) is 0 Å². The van der Waals surface area contributed by atoms with Gasteiger partial charge in [-0.1, -0.05) is 41.4 Å². The summed E-state index contributed by atoms with van der Waals surface area (Å²) in [4.78, 5) is 26.5. The molecule has 1 aliphatic heterocycles. The van der Waals surface area contributed by atoms with E-state index in [1.807, 2.05) is 24.3 Å². The number of urea groups is 1. The van der Waals surface area contributed by atoms with Gasteiger partial charge in [-0.3, -0.25) is 9.69 Å². The molecule has 3 N–H and O–H groups in total. The van der Waals surface area contributed by atoms with Gasteiger partial charge < -0.3 is 20.7 Å². The van der Waals surface area contributed by atoms with Crippen molar-refractivity contribution in [3.8, 4) is 0 Å². The molecule has 0 radical (unpaired) electrons. The van der Waals surface area contributed by atoms with Gasteiger partial charge in [-0.15, -0.1) is 0 Å². The number of carbonyl (C=O) groups is 2. The number of nitrogens with zero attached hydrogens (tertiary/aromatic N) is 1. The van der Waals surface area contributed by atoms with E-state index in [0.29, 0.717) is 47.9 Å². The zero-order valence-corrected chi connectivity index (χ0v) is 19.8. The Morgan fingerprint density at radius 3 is 2.48 bits per heavy atom. The van der Waals surface area contributed by atoms with Crippen LogP contribution in [0.2, 0.25) is 10.0 Å². The second-order valence-corrected chi connectivity index (χ2v) is 9.30. The van der Waals surface area contributed by atoms with Crippen molar-refractivity contribution in [1.29, 1.82) is 0 Å². The third-order valence-corrected chi connectivity index (χ3v) is 6.42. The first kappa shape index (κ1) is 23.8. The van der Waals surface area contributed by atoms with Crippen molar-refractivity contribution < 1.29 is 14.3 Å². The molecule has 1 aliphatic carbocycles. The largest absolute Gasteiger partial charge is 0.374 e. The van der Waals surface area contributed by atoms with Crippen molar-refractivity contribution in [3.05, 3.63) is 69.2 Å². The summed E-state index contributed by atoms with van der Waals surface area (Å²) in [5.74, 6) is -0.0459. The van der Waals surface area contributed by atoms with Crippen LogP contribution in [-0.2, 0) is 17.8 Å². The highest BCUT2D eigenvalue weighted by Crippen LogP contribution is 2.23. The number of ether oxygens (including phenoxy) is 1. The summed E-state index contributed by atoms with van der Waals surface area (Å²) < 4.78 is 5.80. The first-order valence-corrected chi connectivity index (χ1v) is 11.9. The van der Waals surface area contributed by atoms with Crippen LogP contribution in [0.1, 0.15) is 34.3 Å². The zero-order valence-electron chi connectivity index (χ0n) is 18.3. The summed E-state index contributed by atoms with van der Waals surface area (Å²) in [7, 11) is 0. The van der Waals surface area contributed by atoms with E-state index in [4.69, 9.17) is 27.9 Å². The van der Waals surface area contributed by atoms with Gasteiger partial charge in [0, 0.05) is 44.3 Å². The number of halogens is 2. The highest BCUT2D eigenvalue weighted by atomic mass is 35.5. The molecule has 7 nitrogen and oxygen atoms in total. The lowest BCUT2D eigenvalue weighted by atomic mass is 10.1. The molecule has 176 valence electrons. The van der Waals surface area contributed by atoms with Gasteiger partial charge in [0.05, 0.1) is 22.8 Å². The number of carbonyl (C=O) groups excluding carboxylic acids is 2. The fraction of sp³-hybridized carbons (Fsp3) is 0.417. The standard InChI is InChI=1S/C24H28Cl2N4O3/c25-21-8-3-17(11-22(21)26)14-30-9-10-33-20(15-30)13-28-24(32)27-12-16-1-4-18(5-2-16)23(31)29-19-6-7-19/h1-5,8,11,19-20H,6-7,9-10,12-15H2,(H,29,31)(H2,27,28,32)/t20-/m0/s1. The summed E-state index contributed by atoms with van der Waals surface area (Å²) in [6, 6.07) is 13.0. The molecule has 9 heteroatoms. The minimum absolute atomic E-state index is 0.0459. The van der Waals surface area contributed by atoms with E-state index in [2.05, 4.69) is 20.9 Å². The van der Waals surface area contributed by atoms with Crippen molar-refractivity contribution in [3.63, 3.8) is 0 Å². The molecule has 1 saturated carbocycles. The summed E-state index contributed by atoms with van der Waals surface area (Å²) in [6.07, 6.45) is 2.03. The molecular weight excluding hydrogens is 463 g/mol. The van der Waals surface area contributed by atoms with Crippen LogP contribution in [0.4, 0.5) is 4.79 Å². The number of rotatable bonds is 8. The molecule has 0 aromatic heterocycles. The van der Waals surface area contributed by atoms with Gasteiger partial charge in [0.15, 0.2) is 0 Å². The Morgan fingerprint density at radius 1 is 1.00 bits per heavy atom. The van der Waals surface area contributed by atoms with Gasteiger partial charge in [-0.25, -0.2) is 4.79 Å². The number of hydrogen-bond acceptors (Lipinski definition) is 4. The quantitative estimate of drug-likeness (QED) is 0.527. The molecule has 2 aromatic carbocycles. The smallest absolute Gasteiger partial charge is 0.315 e. The fourth-order valence-corrected chi connectivity index (χ4v) is 3.99. The predicted molar refractivity (Wildman–Crippen MR) is 129 cm³/mol. The highest BCUT2D eigenvalue weighted by Gasteiger charge is 2.24.